The number of nitrogens with zero attached hydrogens (tertiary/aromatic N) is 1. The van der Waals surface area contributed by atoms with Gasteiger partial charge in [-0.3, -0.25) is 9.59 Å². The highest BCUT2D eigenvalue weighted by Crippen LogP contribution is 2.47. The van der Waals surface area contributed by atoms with E-state index in [0.29, 0.717) is 5.92 Å². The van der Waals surface area contributed by atoms with Gasteiger partial charge in [-0.25, -0.2) is 5.43 Å². The second kappa shape index (κ2) is 7.35. The van der Waals surface area contributed by atoms with Crippen LogP contribution >= 0.6 is 0 Å². The highest BCUT2D eigenvalue weighted by Gasteiger charge is 2.43. The fourth-order valence-electron chi connectivity index (χ4n) is 3.22. The van der Waals surface area contributed by atoms with Gasteiger partial charge in [0.1, 0.15) is 0 Å². The SMILES string of the molecule is C/C(=N/NC(=O)C1CC1c1ccccc1)c1ccc(NC(=O)C2CC2)cc1. The van der Waals surface area contributed by atoms with Crippen molar-refractivity contribution < 1.29 is 9.59 Å². The lowest BCUT2D eigenvalue weighted by molar-refractivity contribution is -0.122. The molecule has 5 nitrogen and oxygen atoms in total. The van der Waals surface area contributed by atoms with Gasteiger partial charge in [0.15, 0.2) is 0 Å². The van der Waals surface area contributed by atoms with Crippen molar-refractivity contribution in [3.63, 3.8) is 0 Å². The second-order valence-electron chi connectivity index (χ2n) is 7.37. The summed E-state index contributed by atoms with van der Waals surface area (Å²) in [5.41, 5.74) is 6.34. The first-order valence-corrected chi connectivity index (χ1v) is 9.42. The predicted molar refractivity (Wildman–Crippen MR) is 105 cm³/mol. The van der Waals surface area contributed by atoms with Crippen molar-refractivity contribution in [3.05, 3.63) is 65.7 Å². The molecule has 0 saturated heterocycles. The van der Waals surface area contributed by atoms with Crippen LogP contribution in [0.25, 0.3) is 0 Å². The number of amides is 2. The summed E-state index contributed by atoms with van der Waals surface area (Å²) in [5.74, 6) is 0.555. The third-order valence-corrected chi connectivity index (χ3v) is 5.21. The van der Waals surface area contributed by atoms with Crippen LogP contribution in [0.15, 0.2) is 59.7 Å². The molecule has 2 aliphatic rings. The van der Waals surface area contributed by atoms with Gasteiger partial charge in [0.25, 0.3) is 0 Å². The predicted octanol–water partition coefficient (Wildman–Crippen LogP) is 3.68. The molecule has 0 bridgehead atoms. The van der Waals surface area contributed by atoms with Crippen LogP contribution in [0.3, 0.4) is 0 Å². The van der Waals surface area contributed by atoms with E-state index in [1.54, 1.807) is 0 Å². The average Bonchev–Trinajstić information content (AvgIpc) is 3.59. The van der Waals surface area contributed by atoms with Gasteiger partial charge in [0.2, 0.25) is 11.8 Å². The van der Waals surface area contributed by atoms with E-state index in [1.165, 1.54) is 5.56 Å². The first-order valence-electron chi connectivity index (χ1n) is 9.42. The maximum atomic E-state index is 12.3. The van der Waals surface area contributed by atoms with Crippen molar-refractivity contribution in [2.75, 3.05) is 5.32 Å². The minimum Gasteiger partial charge on any atom is -0.326 e. The van der Waals surface area contributed by atoms with Gasteiger partial charge in [-0.15, -0.1) is 0 Å². The Morgan fingerprint density at radius 2 is 1.67 bits per heavy atom. The van der Waals surface area contributed by atoms with Gasteiger partial charge in [0, 0.05) is 17.5 Å². The highest BCUT2D eigenvalue weighted by atomic mass is 16.2. The largest absolute Gasteiger partial charge is 0.326 e. The molecule has 0 heterocycles. The molecule has 2 N–H and O–H groups in total. The molecule has 5 heteroatoms. The third kappa shape index (κ3) is 4.25. The van der Waals surface area contributed by atoms with Crippen LogP contribution in [0.4, 0.5) is 5.69 Å². The Bertz CT molecular complexity index is 870. The number of rotatable bonds is 6. The molecular formula is C22H23N3O2. The molecular weight excluding hydrogens is 338 g/mol. The standard InChI is InChI=1S/C22H23N3O2/c1-14(15-9-11-18(12-10-15)23-21(26)17-7-8-17)24-25-22(27)20-13-19(20)16-5-3-2-4-6-16/h2-6,9-12,17,19-20H,7-8,13H2,1H3,(H,23,26)(H,25,27)/b24-14-. The number of carbonyl (C=O) groups is 2. The summed E-state index contributed by atoms with van der Waals surface area (Å²) in [6.07, 6.45) is 2.85. The number of hydrazone groups is 1. The summed E-state index contributed by atoms with van der Waals surface area (Å²) < 4.78 is 0. The summed E-state index contributed by atoms with van der Waals surface area (Å²) in [6.45, 7) is 1.86. The van der Waals surface area contributed by atoms with Gasteiger partial charge in [-0.1, -0.05) is 42.5 Å². The Morgan fingerprint density at radius 1 is 0.963 bits per heavy atom. The molecule has 2 aromatic carbocycles. The maximum Gasteiger partial charge on any atom is 0.243 e. The highest BCUT2D eigenvalue weighted by molar-refractivity contribution is 6.00. The van der Waals surface area contributed by atoms with E-state index in [9.17, 15) is 9.59 Å². The van der Waals surface area contributed by atoms with Gasteiger partial charge in [-0.05, 0) is 55.4 Å². The molecule has 2 amide bonds. The van der Waals surface area contributed by atoms with Crippen molar-refractivity contribution in [1.82, 2.24) is 5.43 Å². The first kappa shape index (κ1) is 17.5. The van der Waals surface area contributed by atoms with Gasteiger partial charge >= 0.3 is 0 Å². The number of benzene rings is 2. The summed E-state index contributed by atoms with van der Waals surface area (Å²) >= 11 is 0. The van der Waals surface area contributed by atoms with Crippen LogP contribution in [0.5, 0.6) is 0 Å². The minimum atomic E-state index is -0.0310. The van der Waals surface area contributed by atoms with Crippen LogP contribution in [0, 0.1) is 11.8 Å². The fraction of sp³-hybridized carbons (Fsp3) is 0.318. The zero-order chi connectivity index (χ0) is 18.8. The van der Waals surface area contributed by atoms with E-state index in [-0.39, 0.29) is 23.7 Å². The fourth-order valence-corrected chi connectivity index (χ4v) is 3.22. The van der Waals surface area contributed by atoms with Crippen molar-refractivity contribution in [2.24, 2.45) is 16.9 Å². The molecule has 0 radical (unpaired) electrons. The Balaban J connectivity index is 1.31. The van der Waals surface area contributed by atoms with E-state index in [1.807, 2.05) is 49.4 Å². The maximum absolute atomic E-state index is 12.3. The smallest absolute Gasteiger partial charge is 0.243 e. The number of nitrogens with one attached hydrogen (secondary N) is 2. The lowest BCUT2D eigenvalue weighted by Crippen LogP contribution is -2.21. The van der Waals surface area contributed by atoms with Crippen LogP contribution < -0.4 is 10.7 Å². The van der Waals surface area contributed by atoms with Crippen molar-refractivity contribution in [2.45, 2.75) is 32.1 Å². The first-order chi connectivity index (χ1) is 13.1. The number of hydrogen-bond donors (Lipinski definition) is 2. The normalized spacial score (nSPS) is 21.4. The number of hydrogen-bond acceptors (Lipinski definition) is 3. The van der Waals surface area contributed by atoms with Crippen molar-refractivity contribution >= 4 is 23.2 Å². The summed E-state index contributed by atoms with van der Waals surface area (Å²) in [6, 6.07) is 17.6. The van der Waals surface area contributed by atoms with Crippen LogP contribution in [0.2, 0.25) is 0 Å². The van der Waals surface area contributed by atoms with Crippen LogP contribution in [-0.4, -0.2) is 17.5 Å². The molecule has 0 spiro atoms. The quantitative estimate of drug-likeness (QED) is 0.609. The minimum absolute atomic E-state index is 0.00367. The zero-order valence-corrected chi connectivity index (χ0v) is 15.3. The molecule has 0 aliphatic heterocycles. The molecule has 2 atom stereocenters. The van der Waals surface area contributed by atoms with E-state index in [0.717, 1.165) is 36.2 Å². The van der Waals surface area contributed by atoms with E-state index in [4.69, 9.17) is 0 Å². The van der Waals surface area contributed by atoms with E-state index >= 15 is 0 Å². The zero-order valence-electron chi connectivity index (χ0n) is 15.3. The third-order valence-electron chi connectivity index (χ3n) is 5.21. The summed E-state index contributed by atoms with van der Waals surface area (Å²) in [4.78, 5) is 24.1. The van der Waals surface area contributed by atoms with E-state index < -0.39 is 0 Å². The Morgan fingerprint density at radius 3 is 2.33 bits per heavy atom. The molecule has 2 aromatic rings. The number of anilines is 1. The summed E-state index contributed by atoms with van der Waals surface area (Å²) in [5, 5.41) is 7.16. The lowest BCUT2D eigenvalue weighted by Gasteiger charge is -2.06. The van der Waals surface area contributed by atoms with E-state index in [2.05, 4.69) is 28.0 Å². The molecule has 4 rings (SSSR count). The summed E-state index contributed by atoms with van der Waals surface area (Å²) in [7, 11) is 0. The average molecular weight is 361 g/mol. The topological polar surface area (TPSA) is 70.6 Å². The monoisotopic (exact) mass is 361 g/mol. The molecule has 2 aliphatic carbocycles. The van der Waals surface area contributed by atoms with Gasteiger partial charge < -0.3 is 5.32 Å². The van der Waals surface area contributed by atoms with Crippen LogP contribution in [-0.2, 0) is 9.59 Å². The molecule has 2 saturated carbocycles. The van der Waals surface area contributed by atoms with Crippen LogP contribution in [0.1, 0.15) is 43.2 Å². The molecule has 0 aromatic heterocycles. The molecule has 138 valence electrons. The molecule has 2 unspecified atom stereocenters. The van der Waals surface area contributed by atoms with Gasteiger partial charge in [-0.2, -0.15) is 5.10 Å². The van der Waals surface area contributed by atoms with Crippen molar-refractivity contribution in [1.29, 1.82) is 0 Å². The Labute approximate surface area is 158 Å². The Kier molecular flexibility index (Phi) is 4.75. The molecule has 2 fully saturated rings. The van der Waals surface area contributed by atoms with Gasteiger partial charge in [0.05, 0.1) is 5.71 Å². The van der Waals surface area contributed by atoms with Crippen molar-refractivity contribution in [3.8, 4) is 0 Å². The second-order valence-corrected chi connectivity index (χ2v) is 7.37. The molecule has 27 heavy (non-hydrogen) atoms. The Hall–Kier alpha value is -2.95. The number of carbonyl (C=O) groups excluding carboxylic acids is 2. The lowest BCUT2D eigenvalue weighted by atomic mass is 10.1.